The molecule has 2 rings (SSSR count). The molecule has 0 spiro atoms. The van der Waals surface area contributed by atoms with Crippen LogP contribution in [0.5, 0.6) is 0 Å². The molecule has 2 nitrogen and oxygen atoms in total. The summed E-state index contributed by atoms with van der Waals surface area (Å²) in [5.74, 6) is 1.23. The average molecular weight is 202 g/mol. The molecule has 0 aromatic heterocycles. The van der Waals surface area contributed by atoms with E-state index in [-0.39, 0.29) is 0 Å². The van der Waals surface area contributed by atoms with Crippen molar-refractivity contribution in [1.82, 2.24) is 4.90 Å². The standard InChI is InChI=1S/C13H18N2/c1-3-11-6-4-7-12(10-11)14-13-8-5-9-15(13)2/h4,6-7,10H,3,5,8-9H2,1-2H3. The molecule has 0 unspecified atom stereocenters. The zero-order chi connectivity index (χ0) is 10.7. The number of nitrogens with zero attached hydrogens (tertiary/aromatic N) is 2. The third-order valence-electron chi connectivity index (χ3n) is 2.91. The van der Waals surface area contributed by atoms with Crippen molar-refractivity contribution in [2.45, 2.75) is 26.2 Å². The molecule has 0 atom stereocenters. The van der Waals surface area contributed by atoms with Crippen molar-refractivity contribution in [3.63, 3.8) is 0 Å². The zero-order valence-corrected chi connectivity index (χ0v) is 9.53. The van der Waals surface area contributed by atoms with Crippen LogP contribution in [-0.4, -0.2) is 24.3 Å². The van der Waals surface area contributed by atoms with Crippen LogP contribution in [0.1, 0.15) is 25.3 Å². The van der Waals surface area contributed by atoms with Crippen LogP contribution in [0.15, 0.2) is 29.3 Å². The number of rotatable bonds is 2. The van der Waals surface area contributed by atoms with Crippen molar-refractivity contribution in [2.75, 3.05) is 13.6 Å². The fraction of sp³-hybridized carbons (Fsp3) is 0.462. The van der Waals surface area contributed by atoms with Gasteiger partial charge in [0.05, 0.1) is 5.69 Å². The van der Waals surface area contributed by atoms with Gasteiger partial charge in [0, 0.05) is 20.0 Å². The van der Waals surface area contributed by atoms with Gasteiger partial charge in [-0.1, -0.05) is 19.1 Å². The predicted octanol–water partition coefficient (Wildman–Crippen LogP) is 3.00. The summed E-state index contributed by atoms with van der Waals surface area (Å²) >= 11 is 0. The van der Waals surface area contributed by atoms with E-state index in [0.717, 1.165) is 25.1 Å². The van der Waals surface area contributed by atoms with Crippen molar-refractivity contribution < 1.29 is 0 Å². The average Bonchev–Trinajstić information content (AvgIpc) is 2.65. The van der Waals surface area contributed by atoms with E-state index >= 15 is 0 Å². The molecule has 1 aliphatic rings. The maximum Gasteiger partial charge on any atom is 0.105 e. The van der Waals surface area contributed by atoms with Crippen molar-refractivity contribution in [1.29, 1.82) is 0 Å². The fourth-order valence-corrected chi connectivity index (χ4v) is 1.93. The van der Waals surface area contributed by atoms with E-state index in [0.29, 0.717) is 0 Å². The van der Waals surface area contributed by atoms with Gasteiger partial charge in [0.15, 0.2) is 0 Å². The summed E-state index contributed by atoms with van der Waals surface area (Å²) in [6.07, 6.45) is 3.43. The molecule has 15 heavy (non-hydrogen) atoms. The molecule has 1 aromatic carbocycles. The van der Waals surface area contributed by atoms with Crippen LogP contribution in [0, 0.1) is 0 Å². The minimum atomic E-state index is 1.08. The highest BCUT2D eigenvalue weighted by molar-refractivity contribution is 5.86. The minimum Gasteiger partial charge on any atom is -0.363 e. The first-order valence-corrected chi connectivity index (χ1v) is 5.67. The molecule has 2 heteroatoms. The van der Waals surface area contributed by atoms with Gasteiger partial charge in [-0.3, -0.25) is 0 Å². The van der Waals surface area contributed by atoms with Crippen LogP contribution in [-0.2, 0) is 6.42 Å². The lowest BCUT2D eigenvalue weighted by Gasteiger charge is -2.11. The van der Waals surface area contributed by atoms with Gasteiger partial charge < -0.3 is 4.90 Å². The highest BCUT2D eigenvalue weighted by Gasteiger charge is 2.13. The molecule has 80 valence electrons. The van der Waals surface area contributed by atoms with E-state index in [1.807, 2.05) is 0 Å². The second kappa shape index (κ2) is 4.47. The van der Waals surface area contributed by atoms with E-state index in [1.165, 1.54) is 17.8 Å². The van der Waals surface area contributed by atoms with Gasteiger partial charge in [-0.25, -0.2) is 4.99 Å². The number of benzene rings is 1. The maximum atomic E-state index is 4.69. The predicted molar refractivity (Wildman–Crippen MR) is 64.8 cm³/mol. The Morgan fingerprint density at radius 3 is 2.93 bits per heavy atom. The maximum absolute atomic E-state index is 4.69. The molecule has 0 amide bonds. The van der Waals surface area contributed by atoms with Crippen LogP contribution in [0.3, 0.4) is 0 Å². The van der Waals surface area contributed by atoms with E-state index in [9.17, 15) is 0 Å². The molecule has 1 aromatic rings. The first-order chi connectivity index (χ1) is 7.29. The molecular formula is C13H18N2. The summed E-state index contributed by atoms with van der Waals surface area (Å²) in [5, 5.41) is 0. The lowest BCUT2D eigenvalue weighted by Crippen LogP contribution is -2.18. The Morgan fingerprint density at radius 2 is 2.27 bits per heavy atom. The topological polar surface area (TPSA) is 15.6 Å². The van der Waals surface area contributed by atoms with Crippen molar-refractivity contribution in [3.05, 3.63) is 29.8 Å². The van der Waals surface area contributed by atoms with Crippen LogP contribution in [0.25, 0.3) is 0 Å². The van der Waals surface area contributed by atoms with Gasteiger partial charge in [-0.05, 0) is 30.5 Å². The van der Waals surface area contributed by atoms with Gasteiger partial charge in [0.25, 0.3) is 0 Å². The third-order valence-corrected chi connectivity index (χ3v) is 2.91. The van der Waals surface area contributed by atoms with Crippen LogP contribution in [0.4, 0.5) is 5.69 Å². The molecule has 1 heterocycles. The number of hydrogen-bond donors (Lipinski definition) is 0. The Morgan fingerprint density at radius 1 is 1.40 bits per heavy atom. The van der Waals surface area contributed by atoms with E-state index < -0.39 is 0 Å². The summed E-state index contributed by atoms with van der Waals surface area (Å²) in [6.45, 7) is 3.32. The largest absolute Gasteiger partial charge is 0.363 e. The molecule has 1 saturated heterocycles. The molecule has 1 fully saturated rings. The Labute approximate surface area is 91.6 Å². The quantitative estimate of drug-likeness (QED) is 0.719. The Hall–Kier alpha value is -1.31. The lowest BCUT2D eigenvalue weighted by molar-refractivity contribution is 0.550. The number of amidine groups is 1. The lowest BCUT2D eigenvalue weighted by atomic mass is 10.1. The highest BCUT2D eigenvalue weighted by Crippen LogP contribution is 2.18. The van der Waals surface area contributed by atoms with E-state index in [4.69, 9.17) is 4.99 Å². The van der Waals surface area contributed by atoms with Crippen LogP contribution < -0.4 is 0 Å². The third kappa shape index (κ3) is 2.38. The molecule has 0 radical (unpaired) electrons. The second-order valence-electron chi connectivity index (χ2n) is 4.08. The number of likely N-dealkylation sites (tertiary alicyclic amines) is 1. The summed E-state index contributed by atoms with van der Waals surface area (Å²) in [6, 6.07) is 8.51. The summed E-state index contributed by atoms with van der Waals surface area (Å²) < 4.78 is 0. The number of hydrogen-bond acceptors (Lipinski definition) is 1. The molecule has 1 aliphatic heterocycles. The summed E-state index contributed by atoms with van der Waals surface area (Å²) in [7, 11) is 2.12. The Balaban J connectivity index is 2.22. The Bertz CT molecular complexity index is 369. The molecule has 0 bridgehead atoms. The number of aryl methyl sites for hydroxylation is 1. The monoisotopic (exact) mass is 202 g/mol. The van der Waals surface area contributed by atoms with Crippen molar-refractivity contribution >= 4 is 11.5 Å². The van der Waals surface area contributed by atoms with E-state index in [1.54, 1.807) is 0 Å². The van der Waals surface area contributed by atoms with Gasteiger partial charge in [-0.2, -0.15) is 0 Å². The van der Waals surface area contributed by atoms with Crippen LogP contribution in [0.2, 0.25) is 0 Å². The SMILES string of the molecule is CCc1cccc(N=C2CCCN2C)c1. The van der Waals surface area contributed by atoms with Crippen LogP contribution >= 0.6 is 0 Å². The molecular weight excluding hydrogens is 184 g/mol. The first kappa shape index (κ1) is 10.2. The summed E-state index contributed by atoms with van der Waals surface area (Å²) in [5.41, 5.74) is 2.45. The smallest absolute Gasteiger partial charge is 0.105 e. The van der Waals surface area contributed by atoms with E-state index in [2.05, 4.69) is 43.1 Å². The van der Waals surface area contributed by atoms with Gasteiger partial charge >= 0.3 is 0 Å². The first-order valence-electron chi connectivity index (χ1n) is 5.67. The molecule has 0 saturated carbocycles. The fourth-order valence-electron chi connectivity index (χ4n) is 1.93. The molecule has 0 N–H and O–H groups in total. The minimum absolute atomic E-state index is 1.08. The van der Waals surface area contributed by atoms with Gasteiger partial charge in [0.1, 0.15) is 5.84 Å². The van der Waals surface area contributed by atoms with Crippen molar-refractivity contribution in [2.24, 2.45) is 4.99 Å². The Kier molecular flexibility index (Phi) is 3.05. The van der Waals surface area contributed by atoms with Crippen molar-refractivity contribution in [3.8, 4) is 0 Å². The highest BCUT2D eigenvalue weighted by atomic mass is 15.2. The number of aliphatic imine (C=N–C) groups is 1. The second-order valence-corrected chi connectivity index (χ2v) is 4.08. The normalized spacial score (nSPS) is 18.8. The van der Waals surface area contributed by atoms with Gasteiger partial charge in [-0.15, -0.1) is 0 Å². The summed E-state index contributed by atoms with van der Waals surface area (Å²) in [4.78, 5) is 6.94. The van der Waals surface area contributed by atoms with Gasteiger partial charge in [0.2, 0.25) is 0 Å². The molecule has 0 aliphatic carbocycles. The zero-order valence-electron chi connectivity index (χ0n) is 9.53.